The number of hydrogen-bond donors (Lipinski definition) is 2. The number of hydrogen-bond acceptors (Lipinski definition) is 4. The molecule has 0 fully saturated rings. The van der Waals surface area contributed by atoms with Gasteiger partial charge < -0.3 is 15.4 Å². The van der Waals surface area contributed by atoms with Gasteiger partial charge in [0.15, 0.2) is 0 Å². The number of benzene rings is 1. The van der Waals surface area contributed by atoms with Crippen molar-refractivity contribution in [1.29, 1.82) is 0 Å². The smallest absolute Gasteiger partial charge is 0.257 e. The van der Waals surface area contributed by atoms with Gasteiger partial charge in [-0.3, -0.25) is 9.59 Å². The van der Waals surface area contributed by atoms with Gasteiger partial charge in [0.1, 0.15) is 5.56 Å². The molecule has 1 heterocycles. The Labute approximate surface area is 141 Å². The zero-order valence-corrected chi connectivity index (χ0v) is 14.1. The van der Waals surface area contributed by atoms with Crippen molar-refractivity contribution < 1.29 is 14.3 Å². The van der Waals surface area contributed by atoms with Crippen LogP contribution in [0.2, 0.25) is 0 Å². The number of carbonyl (C=O) groups is 2. The van der Waals surface area contributed by atoms with Crippen molar-refractivity contribution in [1.82, 2.24) is 10.3 Å². The largest absolute Gasteiger partial charge is 0.477 e. The third-order valence-corrected chi connectivity index (χ3v) is 3.45. The fourth-order valence-corrected chi connectivity index (χ4v) is 2.27. The molecule has 6 heteroatoms. The van der Waals surface area contributed by atoms with E-state index < -0.39 is 5.91 Å². The van der Waals surface area contributed by atoms with E-state index in [2.05, 4.69) is 15.6 Å². The highest BCUT2D eigenvalue weighted by molar-refractivity contribution is 6.00. The van der Waals surface area contributed by atoms with Gasteiger partial charge in [0.2, 0.25) is 11.8 Å². The van der Waals surface area contributed by atoms with Gasteiger partial charge in [0.25, 0.3) is 5.91 Å². The number of carbonyl (C=O) groups excluding carboxylic acids is 2. The van der Waals surface area contributed by atoms with Crippen LogP contribution in [-0.2, 0) is 4.79 Å². The van der Waals surface area contributed by atoms with E-state index in [1.807, 2.05) is 39.0 Å². The summed E-state index contributed by atoms with van der Waals surface area (Å²) in [5.74, 6) is -0.432. The van der Waals surface area contributed by atoms with Crippen molar-refractivity contribution in [2.75, 3.05) is 18.5 Å². The van der Waals surface area contributed by atoms with Crippen LogP contribution in [0.3, 0.4) is 0 Å². The monoisotopic (exact) mass is 327 g/mol. The van der Waals surface area contributed by atoms with E-state index >= 15 is 0 Å². The predicted molar refractivity (Wildman–Crippen MR) is 92.3 cm³/mol. The van der Waals surface area contributed by atoms with E-state index in [0.717, 1.165) is 16.8 Å². The zero-order chi connectivity index (χ0) is 17.5. The third-order valence-electron chi connectivity index (χ3n) is 3.45. The summed E-state index contributed by atoms with van der Waals surface area (Å²) in [6, 6.07) is 9.03. The fraction of sp³-hybridized carbons (Fsp3) is 0.278. The summed E-state index contributed by atoms with van der Waals surface area (Å²) in [6.07, 6.45) is 1.55. The number of aromatic nitrogens is 1. The third kappa shape index (κ3) is 4.32. The molecular weight excluding hydrogens is 306 g/mol. The minimum atomic E-state index is -0.400. The summed E-state index contributed by atoms with van der Waals surface area (Å²) >= 11 is 0. The molecule has 126 valence electrons. The Hall–Kier alpha value is -2.89. The van der Waals surface area contributed by atoms with Gasteiger partial charge >= 0.3 is 0 Å². The maximum Gasteiger partial charge on any atom is 0.257 e. The van der Waals surface area contributed by atoms with Gasteiger partial charge in [-0.1, -0.05) is 18.2 Å². The normalized spacial score (nSPS) is 10.1. The van der Waals surface area contributed by atoms with E-state index in [1.54, 1.807) is 18.3 Å². The molecule has 2 aromatic rings. The minimum Gasteiger partial charge on any atom is -0.477 e. The Bertz CT molecular complexity index is 724. The number of amides is 2. The predicted octanol–water partition coefficient (Wildman–Crippen LogP) is 2.47. The molecule has 2 rings (SSSR count). The van der Waals surface area contributed by atoms with Crippen LogP contribution in [0.25, 0.3) is 0 Å². The first-order valence-electron chi connectivity index (χ1n) is 7.75. The highest BCUT2D eigenvalue weighted by Crippen LogP contribution is 2.19. The molecule has 1 aromatic carbocycles. The second kappa shape index (κ2) is 8.10. The Morgan fingerprint density at radius 1 is 1.12 bits per heavy atom. The highest BCUT2D eigenvalue weighted by Gasteiger charge is 2.14. The van der Waals surface area contributed by atoms with Gasteiger partial charge in [0, 0.05) is 11.9 Å². The lowest BCUT2D eigenvalue weighted by Gasteiger charge is -2.12. The minimum absolute atomic E-state index is 0.132. The first-order chi connectivity index (χ1) is 11.5. The summed E-state index contributed by atoms with van der Waals surface area (Å²) < 4.78 is 5.32. The van der Waals surface area contributed by atoms with Crippen LogP contribution in [-0.4, -0.2) is 29.9 Å². The summed E-state index contributed by atoms with van der Waals surface area (Å²) in [5.41, 5.74) is 3.02. The molecule has 2 amide bonds. The average Bonchev–Trinajstić information content (AvgIpc) is 2.57. The molecule has 6 nitrogen and oxygen atoms in total. The van der Waals surface area contributed by atoms with E-state index in [4.69, 9.17) is 4.74 Å². The van der Waals surface area contributed by atoms with Gasteiger partial charge in [-0.2, -0.15) is 0 Å². The van der Waals surface area contributed by atoms with Crippen molar-refractivity contribution in [3.05, 3.63) is 53.2 Å². The number of para-hydroxylation sites is 1. The standard InChI is InChI=1S/C18H21N3O3/c1-4-24-18-14(9-6-10-19-18)17(23)20-11-15(22)21-16-12(2)7-5-8-13(16)3/h5-10H,4,11H2,1-3H3,(H,20,23)(H,21,22). The van der Waals surface area contributed by atoms with Gasteiger partial charge in [-0.05, 0) is 44.0 Å². The first kappa shape index (κ1) is 17.5. The molecule has 0 radical (unpaired) electrons. The van der Waals surface area contributed by atoms with Crippen LogP contribution in [0.15, 0.2) is 36.5 Å². The Kier molecular flexibility index (Phi) is 5.89. The summed E-state index contributed by atoms with van der Waals surface area (Å²) in [7, 11) is 0. The van der Waals surface area contributed by atoms with E-state index in [0.29, 0.717) is 12.2 Å². The highest BCUT2D eigenvalue weighted by atomic mass is 16.5. The molecule has 0 spiro atoms. The summed E-state index contributed by atoms with van der Waals surface area (Å²) in [4.78, 5) is 28.3. The maximum absolute atomic E-state index is 12.2. The van der Waals surface area contributed by atoms with Crippen LogP contribution in [0.1, 0.15) is 28.4 Å². The van der Waals surface area contributed by atoms with Crippen molar-refractivity contribution in [2.45, 2.75) is 20.8 Å². The number of nitrogens with zero attached hydrogens (tertiary/aromatic N) is 1. The van der Waals surface area contributed by atoms with Crippen molar-refractivity contribution in [3.63, 3.8) is 0 Å². The molecule has 24 heavy (non-hydrogen) atoms. The molecule has 0 aliphatic heterocycles. The lowest BCUT2D eigenvalue weighted by atomic mass is 10.1. The van der Waals surface area contributed by atoms with E-state index in [1.165, 1.54) is 0 Å². The van der Waals surface area contributed by atoms with Crippen LogP contribution >= 0.6 is 0 Å². The second-order valence-corrected chi connectivity index (χ2v) is 5.29. The van der Waals surface area contributed by atoms with E-state index in [-0.39, 0.29) is 18.3 Å². The molecular formula is C18H21N3O3. The topological polar surface area (TPSA) is 80.3 Å². The molecule has 0 atom stereocenters. The van der Waals surface area contributed by atoms with Gasteiger partial charge in [-0.25, -0.2) is 4.98 Å². The lowest BCUT2D eigenvalue weighted by molar-refractivity contribution is -0.115. The maximum atomic E-state index is 12.2. The molecule has 0 saturated heterocycles. The number of anilines is 1. The second-order valence-electron chi connectivity index (χ2n) is 5.29. The Morgan fingerprint density at radius 2 is 1.83 bits per heavy atom. The zero-order valence-electron chi connectivity index (χ0n) is 14.1. The van der Waals surface area contributed by atoms with Crippen molar-refractivity contribution in [2.24, 2.45) is 0 Å². The first-order valence-corrected chi connectivity index (χ1v) is 7.75. The van der Waals surface area contributed by atoms with Crippen LogP contribution < -0.4 is 15.4 Å². The lowest BCUT2D eigenvalue weighted by Crippen LogP contribution is -2.33. The molecule has 0 bridgehead atoms. The number of pyridine rings is 1. The van der Waals surface area contributed by atoms with Crippen LogP contribution in [0.5, 0.6) is 5.88 Å². The molecule has 0 aliphatic rings. The number of ether oxygens (including phenoxy) is 1. The Morgan fingerprint density at radius 3 is 2.50 bits per heavy atom. The van der Waals surface area contributed by atoms with Gasteiger partial charge in [0.05, 0.1) is 13.2 Å². The molecule has 1 aromatic heterocycles. The summed E-state index contributed by atoms with van der Waals surface area (Å²) in [6.45, 7) is 5.93. The number of nitrogens with one attached hydrogen (secondary N) is 2. The Balaban J connectivity index is 1.98. The molecule has 0 unspecified atom stereocenters. The number of aryl methyl sites for hydroxylation is 2. The molecule has 2 N–H and O–H groups in total. The molecule has 0 saturated carbocycles. The van der Waals surface area contributed by atoms with Crippen molar-refractivity contribution >= 4 is 17.5 Å². The van der Waals surface area contributed by atoms with Crippen LogP contribution in [0.4, 0.5) is 5.69 Å². The van der Waals surface area contributed by atoms with Crippen LogP contribution in [0, 0.1) is 13.8 Å². The van der Waals surface area contributed by atoms with E-state index in [9.17, 15) is 9.59 Å². The number of rotatable bonds is 6. The van der Waals surface area contributed by atoms with Crippen molar-refractivity contribution in [3.8, 4) is 5.88 Å². The van der Waals surface area contributed by atoms with Gasteiger partial charge in [-0.15, -0.1) is 0 Å². The fourth-order valence-electron chi connectivity index (χ4n) is 2.27. The SMILES string of the molecule is CCOc1ncccc1C(=O)NCC(=O)Nc1c(C)cccc1C. The quantitative estimate of drug-likeness (QED) is 0.854. The summed E-state index contributed by atoms with van der Waals surface area (Å²) in [5, 5.41) is 5.41. The average molecular weight is 327 g/mol. The molecule has 0 aliphatic carbocycles.